The van der Waals surface area contributed by atoms with Gasteiger partial charge < -0.3 is 4.52 Å². The molecule has 3 rings (SSSR count). The Morgan fingerprint density at radius 3 is 2.68 bits per heavy atom. The third-order valence-electron chi connectivity index (χ3n) is 2.31. The molecule has 19 heavy (non-hydrogen) atoms. The van der Waals surface area contributed by atoms with Gasteiger partial charge in [-0.2, -0.15) is 10.2 Å². The first kappa shape index (κ1) is 11.0. The van der Waals surface area contributed by atoms with Crippen LogP contribution in [0.3, 0.4) is 0 Å². The van der Waals surface area contributed by atoms with Gasteiger partial charge >= 0.3 is 0 Å². The van der Waals surface area contributed by atoms with Crippen molar-refractivity contribution in [3.05, 3.63) is 42.5 Å². The lowest BCUT2D eigenvalue weighted by Crippen LogP contribution is -1.89. The summed E-state index contributed by atoms with van der Waals surface area (Å²) in [5.74, 6) is 0.972. The monoisotopic (exact) mass is 250 g/mol. The number of nitriles is 1. The summed E-state index contributed by atoms with van der Waals surface area (Å²) in [5, 5.41) is 12.6. The second-order valence-electron chi connectivity index (χ2n) is 3.54. The highest BCUT2D eigenvalue weighted by atomic mass is 16.5. The molecule has 7 nitrogen and oxygen atoms in total. The zero-order chi connectivity index (χ0) is 13.1. The lowest BCUT2D eigenvalue weighted by molar-refractivity contribution is 0.432. The van der Waals surface area contributed by atoms with Gasteiger partial charge in [-0.1, -0.05) is 5.16 Å². The molecule has 0 saturated heterocycles. The highest BCUT2D eigenvalue weighted by Gasteiger charge is 2.12. The van der Waals surface area contributed by atoms with E-state index in [1.54, 1.807) is 30.6 Å². The van der Waals surface area contributed by atoms with E-state index in [4.69, 9.17) is 9.78 Å². The average molecular weight is 250 g/mol. The number of aromatic nitrogens is 5. The molecule has 0 bridgehead atoms. The van der Waals surface area contributed by atoms with Crippen LogP contribution < -0.4 is 0 Å². The molecular formula is C12H6N6O. The summed E-state index contributed by atoms with van der Waals surface area (Å²) in [6.07, 6.45) is 4.70. The normalized spacial score (nSPS) is 10.1. The molecule has 0 radical (unpaired) electrons. The molecular weight excluding hydrogens is 244 g/mol. The van der Waals surface area contributed by atoms with E-state index in [1.807, 2.05) is 6.07 Å². The Hall–Kier alpha value is -3.14. The van der Waals surface area contributed by atoms with Gasteiger partial charge in [0.2, 0.25) is 11.6 Å². The number of nitrogens with zero attached hydrogens (tertiary/aromatic N) is 6. The highest BCUT2D eigenvalue weighted by molar-refractivity contribution is 5.56. The molecule has 0 spiro atoms. The molecule has 0 N–H and O–H groups in total. The van der Waals surface area contributed by atoms with Crippen molar-refractivity contribution >= 4 is 0 Å². The molecule has 0 aliphatic carbocycles. The Morgan fingerprint density at radius 1 is 1.05 bits per heavy atom. The van der Waals surface area contributed by atoms with Crippen molar-refractivity contribution in [2.45, 2.75) is 0 Å². The third kappa shape index (κ3) is 2.14. The first-order valence-corrected chi connectivity index (χ1v) is 5.34. The maximum absolute atomic E-state index is 8.79. The Kier molecular flexibility index (Phi) is 2.67. The number of hydrogen-bond acceptors (Lipinski definition) is 7. The van der Waals surface area contributed by atoms with Crippen LogP contribution in [0.4, 0.5) is 0 Å². The summed E-state index contributed by atoms with van der Waals surface area (Å²) in [5.41, 5.74) is 0.912. The van der Waals surface area contributed by atoms with E-state index in [2.05, 4.69) is 25.1 Å². The van der Waals surface area contributed by atoms with Crippen molar-refractivity contribution in [2.75, 3.05) is 0 Å². The Morgan fingerprint density at radius 2 is 1.89 bits per heavy atom. The molecule has 3 aromatic heterocycles. The zero-order valence-electron chi connectivity index (χ0n) is 9.56. The van der Waals surface area contributed by atoms with Gasteiger partial charge in [-0.15, -0.1) is 0 Å². The summed E-state index contributed by atoms with van der Waals surface area (Å²) in [7, 11) is 0. The Balaban J connectivity index is 2.00. The lowest BCUT2D eigenvalue weighted by Gasteiger charge is -1.93. The van der Waals surface area contributed by atoms with E-state index in [9.17, 15) is 0 Å². The number of rotatable bonds is 2. The van der Waals surface area contributed by atoms with E-state index >= 15 is 0 Å². The topological polar surface area (TPSA) is 101 Å². The fourth-order valence-electron chi connectivity index (χ4n) is 1.47. The molecule has 0 aromatic carbocycles. The lowest BCUT2D eigenvalue weighted by atomic mass is 10.2. The van der Waals surface area contributed by atoms with Gasteiger partial charge in [-0.25, -0.2) is 15.0 Å². The average Bonchev–Trinajstić information content (AvgIpc) is 2.98. The van der Waals surface area contributed by atoms with Crippen molar-refractivity contribution < 1.29 is 4.52 Å². The molecule has 0 saturated carbocycles. The standard InChI is InChI=1S/C12H6N6O/c13-7-9-6-8(2-5-14-9)12-17-11(18-19-12)10-15-3-1-4-16-10/h1-6H. The molecule has 0 unspecified atom stereocenters. The van der Waals surface area contributed by atoms with Gasteiger partial charge in [-0.05, 0) is 18.2 Å². The van der Waals surface area contributed by atoms with Crippen LogP contribution in [-0.4, -0.2) is 25.1 Å². The van der Waals surface area contributed by atoms with E-state index < -0.39 is 0 Å². The summed E-state index contributed by atoms with van der Waals surface area (Å²) < 4.78 is 5.13. The summed E-state index contributed by atoms with van der Waals surface area (Å²) >= 11 is 0. The van der Waals surface area contributed by atoms with Gasteiger partial charge in [0, 0.05) is 24.2 Å². The molecule has 0 fully saturated rings. The van der Waals surface area contributed by atoms with Crippen LogP contribution in [0.1, 0.15) is 5.69 Å². The fraction of sp³-hybridized carbons (Fsp3) is 0. The predicted molar refractivity (Wildman–Crippen MR) is 63.3 cm³/mol. The van der Waals surface area contributed by atoms with Crippen LogP contribution in [0.15, 0.2) is 41.3 Å². The van der Waals surface area contributed by atoms with Crippen LogP contribution in [0.2, 0.25) is 0 Å². The quantitative estimate of drug-likeness (QED) is 0.678. The summed E-state index contributed by atoms with van der Waals surface area (Å²) in [6.45, 7) is 0. The van der Waals surface area contributed by atoms with Crippen molar-refractivity contribution in [2.24, 2.45) is 0 Å². The number of pyridine rings is 1. The van der Waals surface area contributed by atoms with Gasteiger partial charge in [0.25, 0.3) is 5.89 Å². The van der Waals surface area contributed by atoms with Crippen molar-refractivity contribution in [3.63, 3.8) is 0 Å². The third-order valence-corrected chi connectivity index (χ3v) is 2.31. The van der Waals surface area contributed by atoms with Crippen LogP contribution in [0.5, 0.6) is 0 Å². The van der Waals surface area contributed by atoms with E-state index in [-0.39, 0.29) is 5.69 Å². The van der Waals surface area contributed by atoms with Gasteiger partial charge in [0.05, 0.1) is 0 Å². The SMILES string of the molecule is N#Cc1cc(-c2nc(-c3ncccn3)no2)ccn1. The van der Waals surface area contributed by atoms with Gasteiger partial charge in [-0.3, -0.25) is 0 Å². The van der Waals surface area contributed by atoms with E-state index in [0.717, 1.165) is 0 Å². The van der Waals surface area contributed by atoms with Crippen molar-refractivity contribution in [3.8, 4) is 29.2 Å². The zero-order valence-corrected chi connectivity index (χ0v) is 9.56. The summed E-state index contributed by atoms with van der Waals surface area (Å²) in [4.78, 5) is 16.1. The van der Waals surface area contributed by atoms with E-state index in [0.29, 0.717) is 23.1 Å². The minimum atomic E-state index is 0.285. The largest absolute Gasteiger partial charge is 0.333 e. The summed E-state index contributed by atoms with van der Waals surface area (Å²) in [6, 6.07) is 6.91. The molecule has 0 atom stereocenters. The molecule has 3 aromatic rings. The van der Waals surface area contributed by atoms with E-state index in [1.165, 1.54) is 6.20 Å². The molecule has 90 valence electrons. The van der Waals surface area contributed by atoms with Crippen molar-refractivity contribution in [1.82, 2.24) is 25.1 Å². The predicted octanol–water partition coefficient (Wildman–Crippen LogP) is 1.46. The molecule has 0 amide bonds. The van der Waals surface area contributed by atoms with Crippen molar-refractivity contribution in [1.29, 1.82) is 5.26 Å². The maximum atomic E-state index is 8.79. The minimum absolute atomic E-state index is 0.285. The molecule has 0 aliphatic rings. The second kappa shape index (κ2) is 4.62. The Bertz CT molecular complexity index is 746. The molecule has 3 heterocycles. The van der Waals surface area contributed by atoms with Gasteiger partial charge in [0.1, 0.15) is 11.8 Å². The van der Waals surface area contributed by atoms with Crippen LogP contribution in [-0.2, 0) is 0 Å². The Labute approximate surface area is 107 Å². The molecule has 7 heteroatoms. The minimum Gasteiger partial charge on any atom is -0.333 e. The van der Waals surface area contributed by atoms with Gasteiger partial charge in [0.15, 0.2) is 0 Å². The van der Waals surface area contributed by atoms with Crippen LogP contribution >= 0.6 is 0 Å². The van der Waals surface area contributed by atoms with Crippen LogP contribution in [0.25, 0.3) is 23.1 Å². The smallest absolute Gasteiger partial charge is 0.258 e. The number of hydrogen-bond donors (Lipinski definition) is 0. The highest BCUT2D eigenvalue weighted by Crippen LogP contribution is 2.19. The first-order valence-electron chi connectivity index (χ1n) is 5.34. The first-order chi connectivity index (χ1) is 9.36. The molecule has 0 aliphatic heterocycles. The van der Waals surface area contributed by atoms with Crippen LogP contribution in [0, 0.1) is 11.3 Å². The second-order valence-corrected chi connectivity index (χ2v) is 3.54. The maximum Gasteiger partial charge on any atom is 0.258 e. The fourth-order valence-corrected chi connectivity index (χ4v) is 1.47.